The van der Waals surface area contributed by atoms with Crippen LogP contribution in [0.5, 0.6) is 11.5 Å². The van der Waals surface area contributed by atoms with E-state index in [1.807, 2.05) is 0 Å². The van der Waals surface area contributed by atoms with E-state index >= 15 is 0 Å². The smallest absolute Gasteiger partial charge is 0.171 e. The third kappa shape index (κ3) is 1.80. The standard InChI is InChI=1S/C10H14FNO2/c1-6(5-12)9-8(14-2)4-3-7(13)10(9)11/h3-4,6,13H,5,12H2,1-2H3. The predicted molar refractivity (Wildman–Crippen MR) is 52.1 cm³/mol. The van der Waals surface area contributed by atoms with Gasteiger partial charge in [-0.2, -0.15) is 0 Å². The maximum Gasteiger partial charge on any atom is 0.171 e. The lowest BCUT2D eigenvalue weighted by Gasteiger charge is -2.15. The summed E-state index contributed by atoms with van der Waals surface area (Å²) in [6.45, 7) is 2.08. The van der Waals surface area contributed by atoms with Crippen molar-refractivity contribution in [3.05, 3.63) is 23.5 Å². The molecule has 3 nitrogen and oxygen atoms in total. The quantitative estimate of drug-likeness (QED) is 0.777. The van der Waals surface area contributed by atoms with Crippen LogP contribution in [0.2, 0.25) is 0 Å². The summed E-state index contributed by atoms with van der Waals surface area (Å²) in [5.41, 5.74) is 5.77. The van der Waals surface area contributed by atoms with Crippen molar-refractivity contribution in [2.75, 3.05) is 13.7 Å². The summed E-state index contributed by atoms with van der Waals surface area (Å²) in [6, 6.07) is 2.79. The van der Waals surface area contributed by atoms with Gasteiger partial charge in [0.1, 0.15) is 5.75 Å². The van der Waals surface area contributed by atoms with E-state index in [1.165, 1.54) is 19.2 Å². The Kier molecular flexibility index (Phi) is 3.30. The fraction of sp³-hybridized carbons (Fsp3) is 0.400. The molecular formula is C10H14FNO2. The normalized spacial score (nSPS) is 12.6. The molecule has 4 heteroatoms. The molecule has 0 aliphatic rings. The first-order valence-electron chi connectivity index (χ1n) is 4.37. The average molecular weight is 199 g/mol. The molecule has 0 amide bonds. The maximum atomic E-state index is 13.5. The molecular weight excluding hydrogens is 185 g/mol. The van der Waals surface area contributed by atoms with Crippen LogP contribution >= 0.6 is 0 Å². The Morgan fingerprint density at radius 1 is 1.57 bits per heavy atom. The van der Waals surface area contributed by atoms with Gasteiger partial charge in [-0.25, -0.2) is 4.39 Å². The number of halogens is 1. The molecule has 0 aromatic heterocycles. The summed E-state index contributed by atoms with van der Waals surface area (Å²) in [4.78, 5) is 0. The molecule has 1 aromatic rings. The van der Waals surface area contributed by atoms with Gasteiger partial charge in [-0.15, -0.1) is 0 Å². The van der Waals surface area contributed by atoms with Crippen LogP contribution in [0, 0.1) is 5.82 Å². The van der Waals surface area contributed by atoms with Gasteiger partial charge in [0.15, 0.2) is 11.6 Å². The molecule has 78 valence electrons. The largest absolute Gasteiger partial charge is 0.505 e. The summed E-state index contributed by atoms with van der Waals surface area (Å²) in [5, 5.41) is 9.19. The van der Waals surface area contributed by atoms with Crippen molar-refractivity contribution in [1.29, 1.82) is 0 Å². The lowest BCUT2D eigenvalue weighted by Crippen LogP contribution is -2.11. The number of phenolic OH excluding ortho intramolecular Hbond substituents is 1. The van der Waals surface area contributed by atoms with Crippen molar-refractivity contribution in [2.24, 2.45) is 5.73 Å². The van der Waals surface area contributed by atoms with Gasteiger partial charge in [-0.1, -0.05) is 6.92 Å². The minimum Gasteiger partial charge on any atom is -0.505 e. The molecule has 0 aliphatic carbocycles. The first kappa shape index (κ1) is 10.8. The fourth-order valence-corrected chi connectivity index (χ4v) is 1.32. The van der Waals surface area contributed by atoms with Crippen LogP contribution in [-0.2, 0) is 0 Å². The number of ether oxygens (including phenoxy) is 1. The third-order valence-corrected chi connectivity index (χ3v) is 2.19. The second-order valence-electron chi connectivity index (χ2n) is 3.15. The average Bonchev–Trinajstić information content (AvgIpc) is 2.20. The monoisotopic (exact) mass is 199 g/mol. The van der Waals surface area contributed by atoms with Crippen molar-refractivity contribution in [3.8, 4) is 11.5 Å². The second-order valence-corrected chi connectivity index (χ2v) is 3.15. The zero-order valence-electron chi connectivity index (χ0n) is 8.25. The van der Waals surface area contributed by atoms with E-state index in [9.17, 15) is 9.50 Å². The number of benzene rings is 1. The van der Waals surface area contributed by atoms with Crippen molar-refractivity contribution in [3.63, 3.8) is 0 Å². The number of methoxy groups -OCH3 is 1. The van der Waals surface area contributed by atoms with E-state index < -0.39 is 5.82 Å². The van der Waals surface area contributed by atoms with Gasteiger partial charge in [0, 0.05) is 11.5 Å². The molecule has 0 bridgehead atoms. The molecule has 0 saturated carbocycles. The molecule has 0 fully saturated rings. The number of hydrogen-bond donors (Lipinski definition) is 2. The van der Waals surface area contributed by atoms with Crippen LogP contribution in [0.15, 0.2) is 12.1 Å². The Balaban J connectivity index is 3.27. The highest BCUT2D eigenvalue weighted by molar-refractivity contribution is 5.43. The molecule has 0 aliphatic heterocycles. The van der Waals surface area contributed by atoms with Gasteiger partial charge in [0.2, 0.25) is 0 Å². The van der Waals surface area contributed by atoms with Gasteiger partial charge < -0.3 is 15.6 Å². The summed E-state index contributed by atoms with van der Waals surface area (Å²) in [7, 11) is 1.46. The van der Waals surface area contributed by atoms with Crippen LogP contribution in [0.3, 0.4) is 0 Å². The van der Waals surface area contributed by atoms with E-state index in [4.69, 9.17) is 10.5 Å². The van der Waals surface area contributed by atoms with Crippen molar-refractivity contribution in [1.82, 2.24) is 0 Å². The Labute approximate surface area is 82.3 Å². The van der Waals surface area contributed by atoms with Crippen LogP contribution in [-0.4, -0.2) is 18.8 Å². The summed E-state index contributed by atoms with van der Waals surface area (Å²) >= 11 is 0. The van der Waals surface area contributed by atoms with Crippen LogP contribution < -0.4 is 10.5 Å². The molecule has 1 rings (SSSR count). The number of nitrogens with two attached hydrogens (primary N) is 1. The van der Waals surface area contributed by atoms with Gasteiger partial charge in [0.05, 0.1) is 7.11 Å². The molecule has 3 N–H and O–H groups in total. The molecule has 1 atom stereocenters. The van der Waals surface area contributed by atoms with Gasteiger partial charge >= 0.3 is 0 Å². The summed E-state index contributed by atoms with van der Waals surface area (Å²) in [5.74, 6) is -0.793. The number of aromatic hydroxyl groups is 1. The molecule has 0 heterocycles. The molecule has 0 radical (unpaired) electrons. The third-order valence-electron chi connectivity index (χ3n) is 2.19. The zero-order valence-corrected chi connectivity index (χ0v) is 8.25. The summed E-state index contributed by atoms with van der Waals surface area (Å²) < 4.78 is 18.5. The van der Waals surface area contributed by atoms with E-state index in [2.05, 4.69) is 0 Å². The molecule has 14 heavy (non-hydrogen) atoms. The van der Waals surface area contributed by atoms with Gasteiger partial charge in [-0.3, -0.25) is 0 Å². The van der Waals surface area contributed by atoms with Crippen LogP contribution in [0.25, 0.3) is 0 Å². The minimum atomic E-state index is -0.651. The number of phenols is 1. The first-order valence-corrected chi connectivity index (χ1v) is 4.37. The second kappa shape index (κ2) is 4.28. The Bertz CT molecular complexity index is 328. The topological polar surface area (TPSA) is 55.5 Å². The lowest BCUT2D eigenvalue weighted by molar-refractivity contribution is 0.386. The fourth-order valence-electron chi connectivity index (χ4n) is 1.32. The highest BCUT2D eigenvalue weighted by Gasteiger charge is 2.18. The lowest BCUT2D eigenvalue weighted by atomic mass is 9.99. The highest BCUT2D eigenvalue weighted by Crippen LogP contribution is 2.33. The van der Waals surface area contributed by atoms with Gasteiger partial charge in [-0.05, 0) is 18.7 Å². The predicted octanol–water partition coefficient (Wildman–Crippen LogP) is 1.60. The molecule has 1 unspecified atom stereocenters. The minimum absolute atomic E-state index is 0.183. The maximum absolute atomic E-state index is 13.5. The number of hydrogen-bond acceptors (Lipinski definition) is 3. The van der Waals surface area contributed by atoms with E-state index in [0.717, 1.165) is 0 Å². The Morgan fingerprint density at radius 2 is 2.21 bits per heavy atom. The molecule has 0 spiro atoms. The van der Waals surface area contributed by atoms with Crippen molar-refractivity contribution >= 4 is 0 Å². The SMILES string of the molecule is COc1ccc(O)c(F)c1C(C)CN. The van der Waals surface area contributed by atoms with E-state index in [0.29, 0.717) is 17.9 Å². The first-order chi connectivity index (χ1) is 6.61. The highest BCUT2D eigenvalue weighted by atomic mass is 19.1. The Hall–Kier alpha value is -1.29. The van der Waals surface area contributed by atoms with Crippen LogP contribution in [0.4, 0.5) is 4.39 Å². The van der Waals surface area contributed by atoms with E-state index in [1.54, 1.807) is 6.92 Å². The van der Waals surface area contributed by atoms with Crippen molar-refractivity contribution < 1.29 is 14.2 Å². The van der Waals surface area contributed by atoms with Crippen molar-refractivity contribution in [2.45, 2.75) is 12.8 Å². The number of rotatable bonds is 3. The summed E-state index contributed by atoms with van der Waals surface area (Å²) in [6.07, 6.45) is 0. The van der Waals surface area contributed by atoms with Crippen LogP contribution in [0.1, 0.15) is 18.4 Å². The molecule has 1 aromatic carbocycles. The van der Waals surface area contributed by atoms with E-state index in [-0.39, 0.29) is 11.7 Å². The Morgan fingerprint density at radius 3 is 2.71 bits per heavy atom. The zero-order chi connectivity index (χ0) is 10.7. The van der Waals surface area contributed by atoms with Gasteiger partial charge in [0.25, 0.3) is 0 Å². The molecule has 0 saturated heterocycles.